The van der Waals surface area contributed by atoms with E-state index in [9.17, 15) is 14.4 Å². The van der Waals surface area contributed by atoms with Gasteiger partial charge in [-0.25, -0.2) is 0 Å². The van der Waals surface area contributed by atoms with Gasteiger partial charge in [0.15, 0.2) is 0 Å². The maximum absolute atomic E-state index is 12.5. The van der Waals surface area contributed by atoms with Gasteiger partial charge in [-0.2, -0.15) is 5.10 Å². The molecule has 1 fully saturated rings. The van der Waals surface area contributed by atoms with E-state index < -0.39 is 17.9 Å². The number of aromatic nitrogens is 2. The van der Waals surface area contributed by atoms with E-state index in [0.29, 0.717) is 17.0 Å². The Bertz CT molecular complexity index is 576. The summed E-state index contributed by atoms with van der Waals surface area (Å²) in [4.78, 5) is 36.7. The number of nitrogens with one attached hydrogen (secondary N) is 1. The van der Waals surface area contributed by atoms with Crippen molar-refractivity contribution in [3.05, 3.63) is 17.0 Å². The van der Waals surface area contributed by atoms with E-state index in [1.54, 1.807) is 32.5 Å². The van der Waals surface area contributed by atoms with Crippen LogP contribution in [0.5, 0.6) is 0 Å². The highest BCUT2D eigenvalue weighted by Gasteiger charge is 2.35. The van der Waals surface area contributed by atoms with E-state index in [4.69, 9.17) is 0 Å². The number of hydrogen-bond acceptors (Lipinski definition) is 4. The number of imide groups is 1. The van der Waals surface area contributed by atoms with Crippen LogP contribution in [-0.4, -0.2) is 45.0 Å². The van der Waals surface area contributed by atoms with Gasteiger partial charge in [0.05, 0.1) is 11.3 Å². The maximum Gasteiger partial charge on any atom is 0.258 e. The lowest BCUT2D eigenvalue weighted by molar-refractivity contribution is -0.138. The predicted octanol–water partition coefficient (Wildman–Crippen LogP) is -0.476. The summed E-state index contributed by atoms with van der Waals surface area (Å²) < 4.78 is 1.61. The third kappa shape index (κ3) is 2.11. The summed E-state index contributed by atoms with van der Waals surface area (Å²) in [6, 6.07) is -0.663. The first-order valence-corrected chi connectivity index (χ1v) is 5.97. The van der Waals surface area contributed by atoms with Gasteiger partial charge in [-0.3, -0.25) is 24.4 Å². The van der Waals surface area contributed by atoms with Gasteiger partial charge >= 0.3 is 0 Å². The second kappa shape index (κ2) is 4.49. The Hall–Kier alpha value is -2.18. The summed E-state index contributed by atoms with van der Waals surface area (Å²) in [5.74, 6) is -1.25. The zero-order valence-electron chi connectivity index (χ0n) is 11.4. The highest BCUT2D eigenvalue weighted by atomic mass is 16.2. The van der Waals surface area contributed by atoms with Gasteiger partial charge in [-0.15, -0.1) is 0 Å². The van der Waals surface area contributed by atoms with Crippen LogP contribution in [0.4, 0.5) is 0 Å². The van der Waals surface area contributed by atoms with Gasteiger partial charge in [0, 0.05) is 12.7 Å². The molecule has 0 aromatic carbocycles. The average molecular weight is 264 g/mol. The Morgan fingerprint density at radius 3 is 2.53 bits per heavy atom. The van der Waals surface area contributed by atoms with Crippen LogP contribution in [0.25, 0.3) is 0 Å². The fraction of sp³-hybridized carbons (Fsp3) is 0.500. The van der Waals surface area contributed by atoms with Crippen molar-refractivity contribution in [3.63, 3.8) is 0 Å². The number of carbonyl (C=O) groups is 3. The molecule has 102 valence electrons. The average Bonchev–Trinajstić information content (AvgIpc) is 2.57. The first-order valence-electron chi connectivity index (χ1n) is 5.97. The molecule has 1 unspecified atom stereocenters. The van der Waals surface area contributed by atoms with Gasteiger partial charge < -0.3 is 4.90 Å². The summed E-state index contributed by atoms with van der Waals surface area (Å²) in [5.41, 5.74) is 1.76. The third-order valence-electron chi connectivity index (χ3n) is 3.41. The molecule has 1 aromatic heterocycles. The number of rotatable bonds is 1. The Morgan fingerprint density at radius 1 is 1.37 bits per heavy atom. The van der Waals surface area contributed by atoms with Crippen molar-refractivity contribution >= 4 is 17.7 Å². The zero-order chi connectivity index (χ0) is 14.3. The van der Waals surface area contributed by atoms with Crippen LogP contribution in [-0.2, 0) is 16.6 Å². The van der Waals surface area contributed by atoms with Gasteiger partial charge in [-0.1, -0.05) is 0 Å². The summed E-state index contributed by atoms with van der Waals surface area (Å²) in [7, 11) is 1.75. The van der Waals surface area contributed by atoms with Crippen molar-refractivity contribution in [2.24, 2.45) is 7.05 Å². The van der Waals surface area contributed by atoms with Crippen LogP contribution >= 0.6 is 0 Å². The molecular weight excluding hydrogens is 248 g/mol. The van der Waals surface area contributed by atoms with Gasteiger partial charge in [-0.05, 0) is 20.8 Å². The smallest absolute Gasteiger partial charge is 0.258 e. The minimum absolute atomic E-state index is 0.112. The molecule has 1 atom stereocenters. The Kier molecular flexibility index (Phi) is 3.13. The third-order valence-corrected chi connectivity index (χ3v) is 3.41. The second-order valence-electron chi connectivity index (χ2n) is 4.69. The minimum Gasteiger partial charge on any atom is -0.317 e. The molecule has 0 spiro atoms. The molecule has 19 heavy (non-hydrogen) atoms. The van der Waals surface area contributed by atoms with Crippen molar-refractivity contribution in [2.75, 3.05) is 6.54 Å². The number of carbonyl (C=O) groups excluding carboxylic acids is 3. The lowest BCUT2D eigenvalue weighted by Gasteiger charge is -2.31. The van der Waals surface area contributed by atoms with Gasteiger partial charge in [0.2, 0.25) is 11.8 Å². The van der Waals surface area contributed by atoms with Crippen LogP contribution in [0.3, 0.4) is 0 Å². The number of aryl methyl sites for hydroxylation is 2. The molecule has 1 N–H and O–H groups in total. The molecule has 1 aliphatic heterocycles. The first-order chi connectivity index (χ1) is 8.82. The molecule has 1 saturated heterocycles. The normalized spacial score (nSPS) is 19.6. The lowest BCUT2D eigenvalue weighted by atomic mass is 10.1. The van der Waals surface area contributed by atoms with E-state index in [2.05, 4.69) is 10.4 Å². The molecular formula is C12H16N4O3. The number of piperazine rings is 1. The van der Waals surface area contributed by atoms with Crippen LogP contribution in [0, 0.1) is 13.8 Å². The maximum atomic E-state index is 12.5. The number of nitrogens with zero attached hydrogens (tertiary/aromatic N) is 3. The minimum atomic E-state index is -0.663. The highest BCUT2D eigenvalue weighted by Crippen LogP contribution is 2.17. The number of hydrogen-bond donors (Lipinski definition) is 1. The molecule has 0 radical (unpaired) electrons. The van der Waals surface area contributed by atoms with Crippen molar-refractivity contribution in [1.29, 1.82) is 0 Å². The van der Waals surface area contributed by atoms with E-state index in [1.807, 2.05) is 0 Å². The van der Waals surface area contributed by atoms with Crippen molar-refractivity contribution in [3.8, 4) is 0 Å². The molecule has 1 aliphatic rings. The Balaban J connectivity index is 2.38. The largest absolute Gasteiger partial charge is 0.317 e. The standard InChI is InChI=1S/C12H16N4O3/c1-6-10(7(2)15(4)14-6)12(19)16-5-9(17)13-11(18)8(16)3/h8H,5H2,1-4H3,(H,13,17,18). The highest BCUT2D eigenvalue weighted by molar-refractivity contribution is 6.07. The van der Waals surface area contributed by atoms with Crippen LogP contribution in [0.15, 0.2) is 0 Å². The molecule has 1 aromatic rings. The molecule has 7 nitrogen and oxygen atoms in total. The van der Waals surface area contributed by atoms with Crippen LogP contribution in [0.2, 0.25) is 0 Å². The number of amides is 3. The van der Waals surface area contributed by atoms with E-state index in [0.717, 1.165) is 0 Å². The quantitative estimate of drug-likeness (QED) is 0.695. The zero-order valence-corrected chi connectivity index (χ0v) is 11.4. The Labute approximate surface area is 110 Å². The van der Waals surface area contributed by atoms with E-state index >= 15 is 0 Å². The van der Waals surface area contributed by atoms with Gasteiger partial charge in [0.25, 0.3) is 5.91 Å². The molecule has 2 rings (SSSR count). The summed E-state index contributed by atoms with van der Waals surface area (Å²) >= 11 is 0. The van der Waals surface area contributed by atoms with Crippen molar-refractivity contribution in [2.45, 2.75) is 26.8 Å². The SMILES string of the molecule is Cc1nn(C)c(C)c1C(=O)N1CC(=O)NC(=O)C1C. The molecule has 2 heterocycles. The summed E-state index contributed by atoms with van der Waals surface area (Å²) in [5, 5.41) is 6.38. The summed E-state index contributed by atoms with van der Waals surface area (Å²) in [6.45, 7) is 5.00. The molecule has 0 bridgehead atoms. The molecule has 0 saturated carbocycles. The van der Waals surface area contributed by atoms with Gasteiger partial charge in [0.1, 0.15) is 12.6 Å². The van der Waals surface area contributed by atoms with Crippen molar-refractivity contribution < 1.29 is 14.4 Å². The summed E-state index contributed by atoms with van der Waals surface area (Å²) in [6.07, 6.45) is 0. The van der Waals surface area contributed by atoms with E-state index in [1.165, 1.54) is 4.90 Å². The van der Waals surface area contributed by atoms with E-state index in [-0.39, 0.29) is 12.5 Å². The monoisotopic (exact) mass is 264 g/mol. The first kappa shape index (κ1) is 13.3. The second-order valence-corrected chi connectivity index (χ2v) is 4.69. The fourth-order valence-corrected chi connectivity index (χ4v) is 2.19. The molecule has 3 amide bonds. The predicted molar refractivity (Wildman–Crippen MR) is 66.3 cm³/mol. The van der Waals surface area contributed by atoms with Crippen LogP contribution < -0.4 is 5.32 Å². The van der Waals surface area contributed by atoms with Crippen molar-refractivity contribution in [1.82, 2.24) is 20.0 Å². The fourth-order valence-electron chi connectivity index (χ4n) is 2.19. The molecule has 0 aliphatic carbocycles. The van der Waals surface area contributed by atoms with Crippen LogP contribution in [0.1, 0.15) is 28.7 Å². The Morgan fingerprint density at radius 2 is 2.00 bits per heavy atom. The topological polar surface area (TPSA) is 84.3 Å². The molecule has 7 heteroatoms. The lowest BCUT2D eigenvalue weighted by Crippen LogP contribution is -2.58.